The summed E-state index contributed by atoms with van der Waals surface area (Å²) in [5, 5.41) is 0. The fourth-order valence-corrected chi connectivity index (χ4v) is 2.71. The van der Waals surface area contributed by atoms with Crippen molar-refractivity contribution in [1.82, 2.24) is 4.72 Å². The molecule has 1 aromatic carbocycles. The summed E-state index contributed by atoms with van der Waals surface area (Å²) >= 11 is 0. The van der Waals surface area contributed by atoms with Crippen molar-refractivity contribution < 1.29 is 13.2 Å². The van der Waals surface area contributed by atoms with E-state index in [1.807, 2.05) is 13.8 Å². The van der Waals surface area contributed by atoms with Crippen molar-refractivity contribution in [3.63, 3.8) is 0 Å². The standard InChI is InChI=1S/C12H20N2O3S/c1-4-17-8-10(3)14-18(15,16)11-6-5-9(2)12(13)7-11/h5-7,10,14H,4,8,13H2,1-3H3. The Morgan fingerprint density at radius 3 is 2.67 bits per heavy atom. The molecule has 0 heterocycles. The van der Waals surface area contributed by atoms with Crippen LogP contribution in [0.5, 0.6) is 0 Å². The third-order valence-electron chi connectivity index (χ3n) is 2.49. The van der Waals surface area contributed by atoms with Gasteiger partial charge >= 0.3 is 0 Å². The molecule has 5 nitrogen and oxygen atoms in total. The Labute approximate surface area is 108 Å². The van der Waals surface area contributed by atoms with Crippen LogP contribution in [0, 0.1) is 6.92 Å². The summed E-state index contributed by atoms with van der Waals surface area (Å²) in [5.74, 6) is 0. The molecule has 102 valence electrons. The smallest absolute Gasteiger partial charge is 0.240 e. The second-order valence-corrected chi connectivity index (χ2v) is 5.91. The lowest BCUT2D eigenvalue weighted by molar-refractivity contribution is 0.133. The molecule has 0 fully saturated rings. The predicted molar refractivity (Wildman–Crippen MR) is 71.9 cm³/mol. The van der Waals surface area contributed by atoms with Gasteiger partial charge in [0.05, 0.1) is 11.5 Å². The van der Waals surface area contributed by atoms with Gasteiger partial charge in [-0.25, -0.2) is 13.1 Å². The van der Waals surface area contributed by atoms with E-state index in [1.54, 1.807) is 19.1 Å². The first-order valence-electron chi connectivity index (χ1n) is 5.83. The Morgan fingerprint density at radius 2 is 2.11 bits per heavy atom. The number of aryl methyl sites for hydroxylation is 1. The van der Waals surface area contributed by atoms with Gasteiger partial charge in [-0.05, 0) is 38.5 Å². The Kier molecular flexibility index (Phi) is 5.13. The highest BCUT2D eigenvalue weighted by Gasteiger charge is 2.17. The lowest BCUT2D eigenvalue weighted by atomic mass is 10.2. The molecule has 0 aliphatic carbocycles. The van der Waals surface area contributed by atoms with Crippen LogP contribution in [-0.2, 0) is 14.8 Å². The zero-order valence-electron chi connectivity index (χ0n) is 10.9. The summed E-state index contributed by atoms with van der Waals surface area (Å²) < 4.78 is 31.8. The summed E-state index contributed by atoms with van der Waals surface area (Å²) in [6.07, 6.45) is 0. The van der Waals surface area contributed by atoms with Crippen molar-refractivity contribution in [3.05, 3.63) is 23.8 Å². The highest BCUT2D eigenvalue weighted by Crippen LogP contribution is 2.17. The molecule has 3 N–H and O–H groups in total. The maximum absolute atomic E-state index is 12.0. The monoisotopic (exact) mass is 272 g/mol. The first kappa shape index (κ1) is 14.9. The number of sulfonamides is 1. The number of nitrogen functional groups attached to an aromatic ring is 1. The number of hydrogen-bond donors (Lipinski definition) is 2. The molecule has 0 spiro atoms. The van der Waals surface area contributed by atoms with Crippen molar-refractivity contribution in [3.8, 4) is 0 Å². The topological polar surface area (TPSA) is 81.4 Å². The molecule has 0 bridgehead atoms. The predicted octanol–water partition coefficient (Wildman–Crippen LogP) is 1.28. The number of anilines is 1. The lowest BCUT2D eigenvalue weighted by Gasteiger charge is -2.14. The van der Waals surface area contributed by atoms with Gasteiger partial charge in [0.2, 0.25) is 10.0 Å². The van der Waals surface area contributed by atoms with Gasteiger partial charge in [-0.1, -0.05) is 6.07 Å². The molecule has 0 aliphatic heterocycles. The molecule has 18 heavy (non-hydrogen) atoms. The fraction of sp³-hybridized carbons (Fsp3) is 0.500. The summed E-state index contributed by atoms with van der Waals surface area (Å²) in [6, 6.07) is 4.42. The molecule has 6 heteroatoms. The van der Waals surface area contributed by atoms with E-state index >= 15 is 0 Å². The number of benzene rings is 1. The van der Waals surface area contributed by atoms with Gasteiger partial charge in [-0.15, -0.1) is 0 Å². The fourth-order valence-electron chi connectivity index (χ4n) is 1.45. The Bertz CT molecular complexity index is 500. The van der Waals surface area contributed by atoms with Crippen LogP contribution in [0.3, 0.4) is 0 Å². The Hall–Kier alpha value is -1.11. The molecule has 0 radical (unpaired) electrons. The van der Waals surface area contributed by atoms with Gasteiger partial charge < -0.3 is 10.5 Å². The average Bonchev–Trinajstić information content (AvgIpc) is 2.29. The number of nitrogens with two attached hydrogens (primary N) is 1. The van der Waals surface area contributed by atoms with Crippen molar-refractivity contribution in [2.45, 2.75) is 31.7 Å². The summed E-state index contributed by atoms with van der Waals surface area (Å²) in [5.41, 5.74) is 7.04. The number of rotatable bonds is 6. The van der Waals surface area contributed by atoms with Crippen LogP contribution in [0.4, 0.5) is 5.69 Å². The van der Waals surface area contributed by atoms with Gasteiger partial charge in [-0.3, -0.25) is 0 Å². The summed E-state index contributed by atoms with van der Waals surface area (Å²) in [7, 11) is -3.54. The second-order valence-electron chi connectivity index (χ2n) is 4.20. The first-order valence-corrected chi connectivity index (χ1v) is 7.31. The number of ether oxygens (including phenoxy) is 1. The Balaban J connectivity index is 2.83. The van der Waals surface area contributed by atoms with Crippen LogP contribution in [-0.4, -0.2) is 27.7 Å². The minimum absolute atomic E-state index is 0.175. The zero-order valence-corrected chi connectivity index (χ0v) is 11.8. The van der Waals surface area contributed by atoms with E-state index < -0.39 is 10.0 Å². The molecule has 0 amide bonds. The lowest BCUT2D eigenvalue weighted by Crippen LogP contribution is -2.35. The molecule has 0 aliphatic rings. The van der Waals surface area contributed by atoms with Crippen LogP contribution in [0.2, 0.25) is 0 Å². The molecular weight excluding hydrogens is 252 g/mol. The SMILES string of the molecule is CCOCC(C)NS(=O)(=O)c1ccc(C)c(N)c1. The summed E-state index contributed by atoms with van der Waals surface area (Å²) in [6.45, 7) is 6.35. The van der Waals surface area contributed by atoms with E-state index in [1.165, 1.54) is 6.07 Å². The zero-order chi connectivity index (χ0) is 13.8. The Morgan fingerprint density at radius 1 is 1.44 bits per heavy atom. The molecule has 1 atom stereocenters. The van der Waals surface area contributed by atoms with E-state index in [0.29, 0.717) is 18.9 Å². The van der Waals surface area contributed by atoms with Crippen molar-refractivity contribution >= 4 is 15.7 Å². The van der Waals surface area contributed by atoms with E-state index in [2.05, 4.69) is 4.72 Å². The molecule has 0 saturated carbocycles. The molecule has 1 rings (SSSR count). The minimum Gasteiger partial charge on any atom is -0.398 e. The van der Waals surface area contributed by atoms with Gasteiger partial charge in [0, 0.05) is 18.3 Å². The van der Waals surface area contributed by atoms with Crippen LogP contribution >= 0.6 is 0 Å². The van der Waals surface area contributed by atoms with E-state index in [9.17, 15) is 8.42 Å². The van der Waals surface area contributed by atoms with Crippen LogP contribution in [0.15, 0.2) is 23.1 Å². The average molecular weight is 272 g/mol. The molecular formula is C12H20N2O3S. The van der Waals surface area contributed by atoms with E-state index in [4.69, 9.17) is 10.5 Å². The van der Waals surface area contributed by atoms with Crippen LogP contribution in [0.25, 0.3) is 0 Å². The largest absolute Gasteiger partial charge is 0.398 e. The first-order chi connectivity index (χ1) is 8.36. The molecule has 0 saturated heterocycles. The third kappa shape index (κ3) is 3.97. The highest BCUT2D eigenvalue weighted by atomic mass is 32.2. The minimum atomic E-state index is -3.54. The molecule has 0 aromatic heterocycles. The van der Waals surface area contributed by atoms with E-state index in [0.717, 1.165) is 5.56 Å². The second kappa shape index (κ2) is 6.17. The normalized spacial score (nSPS) is 13.5. The third-order valence-corrected chi connectivity index (χ3v) is 4.08. The maximum atomic E-state index is 12.0. The quantitative estimate of drug-likeness (QED) is 0.764. The van der Waals surface area contributed by atoms with Gasteiger partial charge in [0.15, 0.2) is 0 Å². The molecule has 1 aromatic rings. The number of hydrogen-bond acceptors (Lipinski definition) is 4. The van der Waals surface area contributed by atoms with Gasteiger partial charge in [-0.2, -0.15) is 0 Å². The van der Waals surface area contributed by atoms with E-state index in [-0.39, 0.29) is 10.9 Å². The van der Waals surface area contributed by atoms with Gasteiger partial charge in [0.1, 0.15) is 0 Å². The highest BCUT2D eigenvalue weighted by molar-refractivity contribution is 7.89. The number of nitrogens with one attached hydrogen (secondary N) is 1. The summed E-state index contributed by atoms with van der Waals surface area (Å²) in [4.78, 5) is 0.175. The molecule has 1 unspecified atom stereocenters. The van der Waals surface area contributed by atoms with Crippen LogP contribution < -0.4 is 10.5 Å². The van der Waals surface area contributed by atoms with Gasteiger partial charge in [0.25, 0.3) is 0 Å². The van der Waals surface area contributed by atoms with Crippen molar-refractivity contribution in [1.29, 1.82) is 0 Å². The maximum Gasteiger partial charge on any atom is 0.240 e. The van der Waals surface area contributed by atoms with Crippen LogP contribution in [0.1, 0.15) is 19.4 Å². The van der Waals surface area contributed by atoms with Crippen molar-refractivity contribution in [2.75, 3.05) is 18.9 Å². The van der Waals surface area contributed by atoms with Crippen molar-refractivity contribution in [2.24, 2.45) is 0 Å².